The second-order valence-corrected chi connectivity index (χ2v) is 3.96. The largest absolute Gasteiger partial charge is 0.481 e. The summed E-state index contributed by atoms with van der Waals surface area (Å²) in [5.41, 5.74) is 8.17. The van der Waals surface area contributed by atoms with Gasteiger partial charge in [-0.15, -0.1) is 0 Å². The van der Waals surface area contributed by atoms with Gasteiger partial charge in [0.2, 0.25) is 0 Å². The summed E-state index contributed by atoms with van der Waals surface area (Å²) in [6.07, 6.45) is 0.107. The zero-order valence-electron chi connectivity index (χ0n) is 9.10. The molecule has 0 aromatic heterocycles. The Morgan fingerprint density at radius 3 is 2.60 bits per heavy atom. The zero-order valence-corrected chi connectivity index (χ0v) is 9.10. The highest BCUT2D eigenvalue weighted by Gasteiger charge is 2.18. The molecule has 0 radical (unpaired) electrons. The van der Waals surface area contributed by atoms with E-state index in [1.54, 1.807) is 0 Å². The number of carbonyl (C=O) groups is 1. The van der Waals surface area contributed by atoms with E-state index in [0.717, 1.165) is 11.1 Å². The number of carboxylic acids is 1. The smallest absolute Gasteiger partial charge is 0.303 e. The van der Waals surface area contributed by atoms with Gasteiger partial charge in [0.05, 0.1) is 0 Å². The van der Waals surface area contributed by atoms with Crippen LogP contribution in [-0.2, 0) is 4.79 Å². The van der Waals surface area contributed by atoms with Crippen molar-refractivity contribution in [2.45, 2.75) is 26.3 Å². The molecule has 0 heterocycles. The molecule has 0 saturated carbocycles. The summed E-state index contributed by atoms with van der Waals surface area (Å²) in [5.74, 6) is -0.852. The van der Waals surface area contributed by atoms with Crippen LogP contribution in [-0.4, -0.2) is 11.1 Å². The fourth-order valence-electron chi connectivity index (χ4n) is 1.67. The van der Waals surface area contributed by atoms with Gasteiger partial charge in [0.15, 0.2) is 0 Å². The molecule has 1 rings (SSSR count). The monoisotopic (exact) mass is 207 g/mol. The molecule has 82 valence electrons. The molecule has 2 atom stereocenters. The lowest BCUT2D eigenvalue weighted by Gasteiger charge is -2.20. The Kier molecular flexibility index (Phi) is 3.86. The summed E-state index contributed by atoms with van der Waals surface area (Å²) in [4.78, 5) is 10.6. The van der Waals surface area contributed by atoms with Crippen molar-refractivity contribution in [1.29, 1.82) is 0 Å². The molecular weight excluding hydrogens is 190 g/mol. The topological polar surface area (TPSA) is 63.3 Å². The highest BCUT2D eigenvalue weighted by atomic mass is 16.4. The van der Waals surface area contributed by atoms with Gasteiger partial charge in [-0.2, -0.15) is 0 Å². The molecular formula is C12H17NO2. The van der Waals surface area contributed by atoms with Crippen LogP contribution in [0.1, 0.15) is 30.5 Å². The van der Waals surface area contributed by atoms with Gasteiger partial charge in [-0.3, -0.25) is 4.79 Å². The van der Waals surface area contributed by atoms with E-state index < -0.39 is 5.97 Å². The molecule has 0 spiro atoms. The van der Waals surface area contributed by atoms with Crippen molar-refractivity contribution < 1.29 is 9.90 Å². The Morgan fingerprint density at radius 1 is 1.47 bits per heavy atom. The third-order valence-corrected chi connectivity index (χ3v) is 2.66. The first-order valence-corrected chi connectivity index (χ1v) is 5.05. The van der Waals surface area contributed by atoms with Crippen LogP contribution < -0.4 is 5.73 Å². The Labute approximate surface area is 89.9 Å². The van der Waals surface area contributed by atoms with Crippen LogP contribution in [0.4, 0.5) is 0 Å². The normalized spacial score (nSPS) is 14.6. The molecule has 15 heavy (non-hydrogen) atoms. The lowest BCUT2D eigenvalue weighted by Crippen LogP contribution is -2.22. The highest BCUT2D eigenvalue weighted by molar-refractivity contribution is 5.67. The molecule has 0 bridgehead atoms. The summed E-state index contributed by atoms with van der Waals surface area (Å²) >= 11 is 0. The fourth-order valence-corrected chi connectivity index (χ4v) is 1.67. The van der Waals surface area contributed by atoms with E-state index in [0.29, 0.717) is 0 Å². The summed E-state index contributed by atoms with van der Waals surface area (Å²) in [6.45, 7) is 3.86. The minimum Gasteiger partial charge on any atom is -0.481 e. The summed E-state index contributed by atoms with van der Waals surface area (Å²) < 4.78 is 0. The maximum Gasteiger partial charge on any atom is 0.303 e. The molecule has 0 aliphatic heterocycles. The van der Waals surface area contributed by atoms with Gasteiger partial charge in [0, 0.05) is 12.5 Å². The van der Waals surface area contributed by atoms with Crippen LogP contribution in [0.5, 0.6) is 0 Å². The Hall–Kier alpha value is -1.35. The van der Waals surface area contributed by atoms with Crippen molar-refractivity contribution in [3.63, 3.8) is 0 Å². The van der Waals surface area contributed by atoms with Gasteiger partial charge in [0.1, 0.15) is 0 Å². The Bertz CT molecular complexity index is 349. The molecule has 3 nitrogen and oxygen atoms in total. The summed E-state index contributed by atoms with van der Waals surface area (Å²) in [6, 6.07) is 7.62. The number of rotatable bonds is 4. The molecule has 0 aliphatic carbocycles. The second-order valence-electron chi connectivity index (χ2n) is 3.96. The van der Waals surface area contributed by atoms with Crippen molar-refractivity contribution in [2.75, 3.05) is 0 Å². The van der Waals surface area contributed by atoms with Crippen LogP contribution in [0.3, 0.4) is 0 Å². The van der Waals surface area contributed by atoms with Crippen molar-refractivity contribution in [1.82, 2.24) is 0 Å². The maximum atomic E-state index is 10.6. The van der Waals surface area contributed by atoms with Crippen molar-refractivity contribution in [3.05, 3.63) is 35.4 Å². The molecule has 3 heteroatoms. The standard InChI is InChI=1S/C12H17NO2/c1-8-5-3-4-6-10(8)12(13)9(2)7-11(14)15/h3-6,9,12H,7,13H2,1-2H3,(H,14,15). The van der Waals surface area contributed by atoms with Crippen LogP contribution in [0.15, 0.2) is 24.3 Å². The number of carboxylic acid groups (broad SMARTS) is 1. The number of aryl methyl sites for hydroxylation is 1. The van der Waals surface area contributed by atoms with E-state index in [1.807, 2.05) is 38.1 Å². The predicted molar refractivity (Wildman–Crippen MR) is 59.5 cm³/mol. The molecule has 0 aliphatic rings. The molecule has 0 amide bonds. The number of benzene rings is 1. The summed E-state index contributed by atoms with van der Waals surface area (Å²) in [5, 5.41) is 8.69. The van der Waals surface area contributed by atoms with E-state index in [2.05, 4.69) is 0 Å². The molecule has 0 fully saturated rings. The third kappa shape index (κ3) is 3.06. The van der Waals surface area contributed by atoms with Crippen molar-refractivity contribution >= 4 is 5.97 Å². The zero-order chi connectivity index (χ0) is 11.4. The van der Waals surface area contributed by atoms with Gasteiger partial charge in [0.25, 0.3) is 0 Å². The second kappa shape index (κ2) is 4.94. The molecule has 1 aromatic rings. The predicted octanol–water partition coefficient (Wildman–Crippen LogP) is 2.11. The molecule has 3 N–H and O–H groups in total. The van der Waals surface area contributed by atoms with Crippen molar-refractivity contribution in [2.24, 2.45) is 11.7 Å². The number of nitrogens with two attached hydrogens (primary N) is 1. The van der Waals surface area contributed by atoms with E-state index in [-0.39, 0.29) is 18.4 Å². The van der Waals surface area contributed by atoms with E-state index >= 15 is 0 Å². The third-order valence-electron chi connectivity index (χ3n) is 2.66. The quantitative estimate of drug-likeness (QED) is 0.794. The maximum absolute atomic E-state index is 10.6. The first kappa shape index (κ1) is 11.7. The average molecular weight is 207 g/mol. The molecule has 2 unspecified atom stereocenters. The van der Waals surface area contributed by atoms with Crippen LogP contribution in [0.25, 0.3) is 0 Å². The highest BCUT2D eigenvalue weighted by Crippen LogP contribution is 2.24. The average Bonchev–Trinajstić information content (AvgIpc) is 2.16. The van der Waals surface area contributed by atoms with Crippen LogP contribution >= 0.6 is 0 Å². The van der Waals surface area contributed by atoms with Crippen LogP contribution in [0, 0.1) is 12.8 Å². The number of hydrogen-bond donors (Lipinski definition) is 2. The molecule has 0 saturated heterocycles. The Morgan fingerprint density at radius 2 is 2.07 bits per heavy atom. The fraction of sp³-hybridized carbons (Fsp3) is 0.417. The van der Waals surface area contributed by atoms with E-state index in [1.165, 1.54) is 0 Å². The van der Waals surface area contributed by atoms with Crippen LogP contribution in [0.2, 0.25) is 0 Å². The molecule has 1 aromatic carbocycles. The number of hydrogen-bond acceptors (Lipinski definition) is 2. The van der Waals surface area contributed by atoms with Gasteiger partial charge < -0.3 is 10.8 Å². The van der Waals surface area contributed by atoms with Gasteiger partial charge in [-0.25, -0.2) is 0 Å². The number of aliphatic carboxylic acids is 1. The van der Waals surface area contributed by atoms with Gasteiger partial charge in [-0.05, 0) is 24.0 Å². The van der Waals surface area contributed by atoms with Gasteiger partial charge >= 0.3 is 5.97 Å². The van der Waals surface area contributed by atoms with Crippen molar-refractivity contribution in [3.8, 4) is 0 Å². The minimum atomic E-state index is -0.800. The Balaban J connectivity index is 2.80. The lowest BCUT2D eigenvalue weighted by atomic mass is 9.90. The SMILES string of the molecule is Cc1ccccc1C(N)C(C)CC(=O)O. The van der Waals surface area contributed by atoms with Gasteiger partial charge in [-0.1, -0.05) is 31.2 Å². The van der Waals surface area contributed by atoms with E-state index in [4.69, 9.17) is 10.8 Å². The first-order valence-electron chi connectivity index (χ1n) is 5.05. The van der Waals surface area contributed by atoms with E-state index in [9.17, 15) is 4.79 Å². The lowest BCUT2D eigenvalue weighted by molar-refractivity contribution is -0.138. The first-order chi connectivity index (χ1) is 7.02. The summed E-state index contributed by atoms with van der Waals surface area (Å²) in [7, 11) is 0. The minimum absolute atomic E-state index is 0.0522.